The Hall–Kier alpha value is -1.65. The van der Waals surface area contributed by atoms with Crippen molar-refractivity contribution < 1.29 is 8.42 Å². The summed E-state index contributed by atoms with van der Waals surface area (Å²) in [6, 6.07) is 17.1. The quantitative estimate of drug-likeness (QED) is 0.841. The number of hydrogen-bond donors (Lipinski definition) is 0. The summed E-state index contributed by atoms with van der Waals surface area (Å²) >= 11 is 0. The molecule has 3 nitrogen and oxygen atoms in total. The van der Waals surface area contributed by atoms with Gasteiger partial charge < -0.3 is 0 Å². The van der Waals surface area contributed by atoms with Crippen LogP contribution in [0.4, 0.5) is 0 Å². The normalized spacial score (nSPS) is 17.3. The fourth-order valence-corrected chi connectivity index (χ4v) is 4.75. The van der Waals surface area contributed by atoms with Crippen molar-refractivity contribution >= 4 is 9.84 Å². The molecule has 0 aromatic heterocycles. The van der Waals surface area contributed by atoms with E-state index in [1.54, 1.807) is 12.1 Å². The molecule has 1 saturated heterocycles. The average Bonchev–Trinajstić information content (AvgIpc) is 3.08. The highest BCUT2D eigenvalue weighted by molar-refractivity contribution is 7.91. The zero-order chi connectivity index (χ0) is 16.3. The topological polar surface area (TPSA) is 37.4 Å². The van der Waals surface area contributed by atoms with Crippen LogP contribution in [-0.4, -0.2) is 32.2 Å². The molecule has 0 unspecified atom stereocenters. The van der Waals surface area contributed by atoms with E-state index in [4.69, 9.17) is 0 Å². The zero-order valence-electron chi connectivity index (χ0n) is 13.5. The molecule has 1 aliphatic rings. The highest BCUT2D eigenvalue weighted by Gasteiger charge is 2.29. The lowest BCUT2D eigenvalue weighted by atomic mass is 10.1. The van der Waals surface area contributed by atoms with Crippen LogP contribution >= 0.6 is 0 Å². The van der Waals surface area contributed by atoms with Gasteiger partial charge in [-0.2, -0.15) is 0 Å². The van der Waals surface area contributed by atoms with Crippen LogP contribution in [0.25, 0.3) is 0 Å². The van der Waals surface area contributed by atoms with E-state index < -0.39 is 9.84 Å². The van der Waals surface area contributed by atoms with Crippen molar-refractivity contribution in [2.24, 2.45) is 0 Å². The maximum atomic E-state index is 12.9. The molecule has 2 aromatic carbocycles. The van der Waals surface area contributed by atoms with E-state index in [0.717, 1.165) is 37.1 Å². The Bertz CT molecular complexity index is 733. The second-order valence-corrected chi connectivity index (χ2v) is 8.30. The lowest BCUT2D eigenvalue weighted by molar-refractivity contribution is 0.264. The third-order valence-electron chi connectivity index (χ3n) is 4.52. The molecule has 2 aromatic rings. The SMILES string of the molecule is Cc1ccc(S(=O)(=O)C[C@@H](c2ccccc2)N2CCCC2)cc1. The summed E-state index contributed by atoms with van der Waals surface area (Å²) in [7, 11) is -3.30. The van der Waals surface area contributed by atoms with Crippen LogP contribution in [0.3, 0.4) is 0 Å². The fourth-order valence-electron chi connectivity index (χ4n) is 3.19. The van der Waals surface area contributed by atoms with Crippen molar-refractivity contribution in [3.63, 3.8) is 0 Å². The molecule has 1 heterocycles. The number of likely N-dealkylation sites (tertiary alicyclic amines) is 1. The lowest BCUT2D eigenvalue weighted by Crippen LogP contribution is -2.31. The molecule has 0 spiro atoms. The summed E-state index contributed by atoms with van der Waals surface area (Å²) in [4.78, 5) is 2.73. The van der Waals surface area contributed by atoms with Crippen LogP contribution in [-0.2, 0) is 9.84 Å². The van der Waals surface area contributed by atoms with Gasteiger partial charge in [-0.15, -0.1) is 0 Å². The first-order valence-electron chi connectivity index (χ1n) is 8.15. The Balaban J connectivity index is 1.90. The van der Waals surface area contributed by atoms with Gasteiger partial charge in [-0.05, 0) is 50.6 Å². The lowest BCUT2D eigenvalue weighted by Gasteiger charge is -2.27. The maximum absolute atomic E-state index is 12.9. The second kappa shape index (κ2) is 6.85. The van der Waals surface area contributed by atoms with Crippen LogP contribution in [0, 0.1) is 6.92 Å². The Labute approximate surface area is 138 Å². The molecule has 0 N–H and O–H groups in total. The maximum Gasteiger partial charge on any atom is 0.180 e. The summed E-state index contributed by atoms with van der Waals surface area (Å²) in [6.07, 6.45) is 2.29. The summed E-state index contributed by atoms with van der Waals surface area (Å²) < 4.78 is 25.7. The van der Waals surface area contributed by atoms with Crippen molar-refractivity contribution in [3.05, 3.63) is 65.7 Å². The third kappa shape index (κ3) is 3.82. The smallest absolute Gasteiger partial charge is 0.180 e. The molecule has 23 heavy (non-hydrogen) atoms. The van der Waals surface area contributed by atoms with Crippen molar-refractivity contribution in [3.8, 4) is 0 Å². The Morgan fingerprint density at radius 2 is 1.57 bits per heavy atom. The molecule has 0 aliphatic carbocycles. The first-order chi connectivity index (χ1) is 11.1. The van der Waals surface area contributed by atoms with E-state index in [1.807, 2.05) is 49.4 Å². The number of hydrogen-bond acceptors (Lipinski definition) is 3. The highest BCUT2D eigenvalue weighted by atomic mass is 32.2. The van der Waals surface area contributed by atoms with Gasteiger partial charge in [0.15, 0.2) is 9.84 Å². The molecule has 0 amide bonds. The predicted octanol–water partition coefficient (Wildman–Crippen LogP) is 3.61. The average molecular weight is 329 g/mol. The minimum Gasteiger partial charge on any atom is -0.295 e. The summed E-state index contributed by atoms with van der Waals surface area (Å²) in [5, 5.41) is 0. The monoisotopic (exact) mass is 329 g/mol. The van der Waals surface area contributed by atoms with Crippen molar-refractivity contribution in [1.82, 2.24) is 4.90 Å². The van der Waals surface area contributed by atoms with Crippen LogP contribution in [0.5, 0.6) is 0 Å². The van der Waals surface area contributed by atoms with Gasteiger partial charge in [-0.3, -0.25) is 4.90 Å². The molecular formula is C19H23NO2S. The Morgan fingerprint density at radius 1 is 0.957 bits per heavy atom. The molecule has 0 bridgehead atoms. The highest BCUT2D eigenvalue weighted by Crippen LogP contribution is 2.28. The number of aryl methyl sites for hydroxylation is 1. The van der Waals surface area contributed by atoms with Gasteiger partial charge in [-0.25, -0.2) is 8.42 Å². The first kappa shape index (κ1) is 16.2. The minimum atomic E-state index is -3.30. The first-order valence-corrected chi connectivity index (χ1v) is 9.80. The minimum absolute atomic E-state index is 0.0648. The molecule has 4 heteroatoms. The standard InChI is InChI=1S/C19H23NO2S/c1-16-9-11-18(12-10-16)23(21,22)15-19(20-13-5-6-14-20)17-7-3-2-4-8-17/h2-4,7-12,19H,5-6,13-15H2,1H3/t19-/m0/s1. The number of sulfone groups is 1. The van der Waals surface area contributed by atoms with E-state index in [2.05, 4.69) is 4.90 Å². The summed E-state index contributed by atoms with van der Waals surface area (Å²) in [5.74, 6) is 0.139. The molecule has 1 fully saturated rings. The number of benzene rings is 2. The number of rotatable bonds is 5. The van der Waals surface area contributed by atoms with Crippen molar-refractivity contribution in [2.75, 3.05) is 18.8 Å². The number of nitrogens with zero attached hydrogens (tertiary/aromatic N) is 1. The molecule has 1 aliphatic heterocycles. The molecular weight excluding hydrogens is 306 g/mol. The summed E-state index contributed by atoms with van der Waals surface area (Å²) in [6.45, 7) is 3.92. The van der Waals surface area contributed by atoms with Gasteiger partial charge >= 0.3 is 0 Å². The third-order valence-corrected chi connectivity index (χ3v) is 6.27. The van der Waals surface area contributed by atoms with Crippen LogP contribution < -0.4 is 0 Å². The van der Waals surface area contributed by atoms with Gasteiger partial charge in [0.1, 0.15) is 0 Å². The molecule has 122 valence electrons. The van der Waals surface area contributed by atoms with Gasteiger partial charge in [0.05, 0.1) is 10.6 Å². The van der Waals surface area contributed by atoms with E-state index in [9.17, 15) is 8.42 Å². The summed E-state index contributed by atoms with van der Waals surface area (Å²) in [5.41, 5.74) is 2.16. The zero-order valence-corrected chi connectivity index (χ0v) is 14.3. The molecule has 1 atom stereocenters. The van der Waals surface area contributed by atoms with E-state index in [1.165, 1.54) is 0 Å². The van der Waals surface area contributed by atoms with E-state index in [0.29, 0.717) is 4.90 Å². The van der Waals surface area contributed by atoms with E-state index >= 15 is 0 Å². The Morgan fingerprint density at radius 3 is 2.17 bits per heavy atom. The van der Waals surface area contributed by atoms with Gasteiger partial charge in [-0.1, -0.05) is 48.0 Å². The predicted molar refractivity (Wildman–Crippen MR) is 93.2 cm³/mol. The Kier molecular flexibility index (Phi) is 4.83. The van der Waals surface area contributed by atoms with Gasteiger partial charge in [0, 0.05) is 6.04 Å². The largest absolute Gasteiger partial charge is 0.295 e. The van der Waals surface area contributed by atoms with Crippen LogP contribution in [0.1, 0.15) is 30.0 Å². The van der Waals surface area contributed by atoms with Gasteiger partial charge in [0.25, 0.3) is 0 Å². The van der Waals surface area contributed by atoms with Gasteiger partial charge in [0.2, 0.25) is 0 Å². The molecule has 3 rings (SSSR count). The molecule has 0 saturated carbocycles. The van der Waals surface area contributed by atoms with Crippen molar-refractivity contribution in [1.29, 1.82) is 0 Å². The second-order valence-electron chi connectivity index (χ2n) is 6.26. The fraction of sp³-hybridized carbons (Fsp3) is 0.368. The molecule has 0 radical (unpaired) electrons. The van der Waals surface area contributed by atoms with E-state index in [-0.39, 0.29) is 11.8 Å². The van der Waals surface area contributed by atoms with Crippen LogP contribution in [0.2, 0.25) is 0 Å². The van der Waals surface area contributed by atoms with Crippen LogP contribution in [0.15, 0.2) is 59.5 Å². The van der Waals surface area contributed by atoms with Crippen molar-refractivity contribution in [2.45, 2.75) is 30.7 Å².